The van der Waals surface area contributed by atoms with Gasteiger partial charge in [0, 0.05) is 20.1 Å². The van der Waals surface area contributed by atoms with Gasteiger partial charge in [-0.15, -0.1) is 0 Å². The highest BCUT2D eigenvalue weighted by Gasteiger charge is 2.05. The number of rotatable bonds is 9. The summed E-state index contributed by atoms with van der Waals surface area (Å²) in [5.74, 6) is -0.214. The first-order chi connectivity index (χ1) is 7.56. The Morgan fingerprint density at radius 1 is 1.19 bits per heavy atom. The molecule has 0 aliphatic heterocycles. The van der Waals surface area contributed by atoms with Crippen molar-refractivity contribution in [1.29, 1.82) is 0 Å². The van der Waals surface area contributed by atoms with Gasteiger partial charge in [-0.3, -0.25) is 4.79 Å². The smallest absolute Gasteiger partial charge is 0.302 e. The number of hydrogen-bond acceptors (Lipinski definition) is 4. The third-order valence-electron chi connectivity index (χ3n) is 2.13. The summed E-state index contributed by atoms with van der Waals surface area (Å²) in [6, 6.07) is 0. The van der Waals surface area contributed by atoms with Crippen LogP contribution in [0.5, 0.6) is 0 Å². The molecule has 0 amide bonds. The molecule has 0 saturated heterocycles. The van der Waals surface area contributed by atoms with E-state index in [0.29, 0.717) is 13.2 Å². The van der Waals surface area contributed by atoms with Gasteiger partial charge >= 0.3 is 5.97 Å². The molecule has 0 rings (SSSR count). The number of carbonyl (C=O) groups is 1. The molecule has 0 aliphatic carbocycles. The Morgan fingerprint density at radius 3 is 2.44 bits per heavy atom. The summed E-state index contributed by atoms with van der Waals surface area (Å²) in [6.45, 7) is 8.54. The molecule has 2 atom stereocenters. The van der Waals surface area contributed by atoms with Crippen molar-refractivity contribution in [3.05, 3.63) is 0 Å². The Labute approximate surface area is 98.3 Å². The molecule has 0 aromatic heterocycles. The lowest BCUT2D eigenvalue weighted by molar-refractivity contribution is -0.145. The van der Waals surface area contributed by atoms with E-state index in [1.165, 1.54) is 6.92 Å². The van der Waals surface area contributed by atoms with E-state index in [2.05, 4.69) is 0 Å². The van der Waals surface area contributed by atoms with Gasteiger partial charge in [0.1, 0.15) is 0 Å². The van der Waals surface area contributed by atoms with Crippen LogP contribution in [-0.2, 0) is 19.0 Å². The van der Waals surface area contributed by atoms with Crippen LogP contribution >= 0.6 is 0 Å². The average molecular weight is 232 g/mol. The summed E-state index contributed by atoms with van der Waals surface area (Å²) in [5.41, 5.74) is 0. The maximum atomic E-state index is 10.6. The number of esters is 1. The first kappa shape index (κ1) is 15.4. The molecule has 0 bridgehead atoms. The summed E-state index contributed by atoms with van der Waals surface area (Å²) >= 11 is 0. The van der Waals surface area contributed by atoms with Gasteiger partial charge in [-0.05, 0) is 40.0 Å². The zero-order valence-electron chi connectivity index (χ0n) is 10.8. The normalized spacial score (nSPS) is 14.5. The molecule has 4 nitrogen and oxygen atoms in total. The second kappa shape index (κ2) is 9.60. The molecule has 0 aliphatic rings. The SMILES string of the molecule is CCOC(C)OCCCC[C@@H](C)OC(C)=O. The first-order valence-electron chi connectivity index (χ1n) is 5.96. The fourth-order valence-electron chi connectivity index (χ4n) is 1.41. The van der Waals surface area contributed by atoms with E-state index in [-0.39, 0.29) is 18.4 Å². The van der Waals surface area contributed by atoms with Crippen LogP contribution in [0.25, 0.3) is 0 Å². The van der Waals surface area contributed by atoms with E-state index in [9.17, 15) is 4.79 Å². The topological polar surface area (TPSA) is 44.8 Å². The Kier molecular flexibility index (Phi) is 9.24. The van der Waals surface area contributed by atoms with Crippen molar-refractivity contribution in [1.82, 2.24) is 0 Å². The van der Waals surface area contributed by atoms with Crippen molar-refractivity contribution in [3.8, 4) is 0 Å². The lowest BCUT2D eigenvalue weighted by Gasteiger charge is -2.14. The van der Waals surface area contributed by atoms with Crippen LogP contribution in [0.15, 0.2) is 0 Å². The Bertz CT molecular complexity index is 182. The number of ether oxygens (including phenoxy) is 3. The molecule has 0 heterocycles. The van der Waals surface area contributed by atoms with Crippen LogP contribution < -0.4 is 0 Å². The zero-order valence-corrected chi connectivity index (χ0v) is 10.8. The van der Waals surface area contributed by atoms with Crippen LogP contribution in [0.3, 0.4) is 0 Å². The third-order valence-corrected chi connectivity index (χ3v) is 2.13. The van der Waals surface area contributed by atoms with E-state index in [1.807, 2.05) is 20.8 Å². The molecule has 16 heavy (non-hydrogen) atoms. The minimum absolute atomic E-state index is 0.00168. The van der Waals surface area contributed by atoms with Crippen molar-refractivity contribution in [3.63, 3.8) is 0 Å². The molecule has 0 N–H and O–H groups in total. The molecule has 0 saturated carbocycles. The molecular formula is C12H24O4. The summed E-state index contributed by atoms with van der Waals surface area (Å²) in [7, 11) is 0. The van der Waals surface area contributed by atoms with Crippen LogP contribution in [0.4, 0.5) is 0 Å². The average Bonchev–Trinajstić information content (AvgIpc) is 2.16. The van der Waals surface area contributed by atoms with E-state index in [4.69, 9.17) is 14.2 Å². The van der Waals surface area contributed by atoms with Crippen molar-refractivity contribution >= 4 is 5.97 Å². The predicted octanol–water partition coefficient (Wildman–Crippen LogP) is 2.51. The van der Waals surface area contributed by atoms with Gasteiger partial charge in [0.05, 0.1) is 6.10 Å². The predicted molar refractivity (Wildman–Crippen MR) is 62.1 cm³/mol. The fraction of sp³-hybridized carbons (Fsp3) is 0.917. The van der Waals surface area contributed by atoms with Gasteiger partial charge in [0.2, 0.25) is 0 Å². The maximum absolute atomic E-state index is 10.6. The maximum Gasteiger partial charge on any atom is 0.302 e. The lowest BCUT2D eigenvalue weighted by atomic mass is 10.2. The number of unbranched alkanes of at least 4 members (excludes halogenated alkanes) is 1. The molecule has 1 unspecified atom stereocenters. The van der Waals surface area contributed by atoms with Crippen LogP contribution in [0.1, 0.15) is 47.0 Å². The second-order valence-electron chi connectivity index (χ2n) is 3.81. The highest BCUT2D eigenvalue weighted by molar-refractivity contribution is 5.66. The molecule has 4 heteroatoms. The minimum Gasteiger partial charge on any atom is -0.463 e. The Morgan fingerprint density at radius 2 is 1.88 bits per heavy atom. The number of hydrogen-bond donors (Lipinski definition) is 0. The van der Waals surface area contributed by atoms with E-state index in [0.717, 1.165) is 19.3 Å². The quantitative estimate of drug-likeness (QED) is 0.348. The highest BCUT2D eigenvalue weighted by Crippen LogP contribution is 2.05. The second-order valence-corrected chi connectivity index (χ2v) is 3.81. The molecule has 0 aromatic rings. The molecule has 0 radical (unpaired) electrons. The van der Waals surface area contributed by atoms with E-state index in [1.54, 1.807) is 0 Å². The van der Waals surface area contributed by atoms with Gasteiger partial charge in [-0.2, -0.15) is 0 Å². The number of carbonyl (C=O) groups excluding carboxylic acids is 1. The van der Waals surface area contributed by atoms with Crippen LogP contribution in [-0.4, -0.2) is 31.6 Å². The summed E-state index contributed by atoms with van der Waals surface area (Å²) in [5, 5.41) is 0. The summed E-state index contributed by atoms with van der Waals surface area (Å²) in [6.07, 6.45) is 2.71. The Hall–Kier alpha value is -0.610. The Balaban J connectivity index is 3.29. The molecule has 0 aromatic carbocycles. The molecule has 96 valence electrons. The lowest BCUT2D eigenvalue weighted by Crippen LogP contribution is -2.14. The van der Waals surface area contributed by atoms with E-state index >= 15 is 0 Å². The largest absolute Gasteiger partial charge is 0.463 e. The van der Waals surface area contributed by atoms with E-state index < -0.39 is 0 Å². The van der Waals surface area contributed by atoms with Gasteiger partial charge in [0.25, 0.3) is 0 Å². The standard InChI is InChI=1S/C12H24O4/c1-5-14-12(4)15-9-7-6-8-10(2)16-11(3)13/h10,12H,5-9H2,1-4H3/t10-,12?/m1/s1. The fourth-order valence-corrected chi connectivity index (χ4v) is 1.41. The minimum atomic E-state index is -0.214. The molecule has 0 spiro atoms. The summed E-state index contributed by atoms with van der Waals surface area (Å²) < 4.78 is 15.7. The van der Waals surface area contributed by atoms with Crippen molar-refractivity contribution < 1.29 is 19.0 Å². The molecular weight excluding hydrogens is 208 g/mol. The molecule has 0 fully saturated rings. The monoisotopic (exact) mass is 232 g/mol. The third kappa shape index (κ3) is 9.93. The van der Waals surface area contributed by atoms with Crippen LogP contribution in [0.2, 0.25) is 0 Å². The summed E-state index contributed by atoms with van der Waals surface area (Å²) in [4.78, 5) is 10.6. The van der Waals surface area contributed by atoms with Gasteiger partial charge in [0.15, 0.2) is 6.29 Å². The van der Waals surface area contributed by atoms with Crippen molar-refractivity contribution in [2.75, 3.05) is 13.2 Å². The first-order valence-corrected chi connectivity index (χ1v) is 5.96. The van der Waals surface area contributed by atoms with Crippen molar-refractivity contribution in [2.24, 2.45) is 0 Å². The highest BCUT2D eigenvalue weighted by atomic mass is 16.7. The van der Waals surface area contributed by atoms with Crippen LogP contribution in [0, 0.1) is 0 Å². The van der Waals surface area contributed by atoms with Crippen molar-refractivity contribution in [2.45, 2.75) is 59.4 Å². The zero-order chi connectivity index (χ0) is 12.4. The van der Waals surface area contributed by atoms with Gasteiger partial charge in [-0.1, -0.05) is 0 Å². The van der Waals surface area contributed by atoms with Gasteiger partial charge < -0.3 is 14.2 Å². The van der Waals surface area contributed by atoms with Gasteiger partial charge in [-0.25, -0.2) is 0 Å².